The van der Waals surface area contributed by atoms with Crippen LogP contribution in [0.4, 0.5) is 10.1 Å². The molecule has 3 atom stereocenters. The molecule has 1 fully saturated rings. The van der Waals surface area contributed by atoms with E-state index in [0.717, 1.165) is 31.9 Å². The molecule has 2 N–H and O–H groups in total. The number of para-hydroxylation sites is 1. The summed E-state index contributed by atoms with van der Waals surface area (Å²) >= 11 is 0. The van der Waals surface area contributed by atoms with Crippen molar-refractivity contribution in [1.29, 1.82) is 0 Å². The molecule has 7 nitrogen and oxygen atoms in total. The lowest BCUT2D eigenvalue weighted by Crippen LogP contribution is -2.58. The van der Waals surface area contributed by atoms with Crippen LogP contribution < -0.4 is 5.01 Å². The van der Waals surface area contributed by atoms with Crippen molar-refractivity contribution in [1.82, 2.24) is 14.7 Å². The minimum atomic E-state index is -1.00. The number of hydrogen-bond donors (Lipinski definition) is 2. The predicted molar refractivity (Wildman–Crippen MR) is 118 cm³/mol. The third kappa shape index (κ3) is 3.49. The molecule has 1 aromatic rings. The average Bonchev–Trinajstić information content (AvgIpc) is 3.11. The van der Waals surface area contributed by atoms with Crippen molar-refractivity contribution in [3.8, 4) is 0 Å². The zero-order valence-corrected chi connectivity index (χ0v) is 17.8. The highest BCUT2D eigenvalue weighted by atomic mass is 19.1. The molecule has 4 aliphatic rings. The number of hydrogen-bond acceptors (Lipinski definition) is 7. The summed E-state index contributed by atoms with van der Waals surface area (Å²) in [5.41, 5.74) is 3.27. The van der Waals surface area contributed by atoms with E-state index in [2.05, 4.69) is 17.0 Å². The normalized spacial score (nSPS) is 28.1. The summed E-state index contributed by atoms with van der Waals surface area (Å²) in [6.07, 6.45) is 1.93. The second-order valence-electron chi connectivity index (χ2n) is 8.67. The molecule has 0 aromatic heterocycles. The number of hydrazone groups is 1. The number of aliphatic hydroxyl groups excluding tert-OH is 2. The zero-order valence-electron chi connectivity index (χ0n) is 17.8. The van der Waals surface area contributed by atoms with E-state index in [1.807, 2.05) is 46.3 Å². The Morgan fingerprint density at radius 3 is 2.52 bits per heavy atom. The third-order valence-electron chi connectivity index (χ3n) is 6.61. The van der Waals surface area contributed by atoms with Crippen LogP contribution in [-0.2, 0) is 0 Å². The topological polar surface area (TPSA) is 65.8 Å². The van der Waals surface area contributed by atoms with E-state index in [1.165, 1.54) is 6.08 Å². The van der Waals surface area contributed by atoms with Crippen molar-refractivity contribution in [2.45, 2.75) is 32.0 Å². The number of nitrogens with zero attached hydrogens (tertiary/aromatic N) is 5. The van der Waals surface area contributed by atoms with Gasteiger partial charge < -0.3 is 20.0 Å². The molecule has 0 bridgehead atoms. The average molecular weight is 426 g/mol. The fourth-order valence-electron chi connectivity index (χ4n) is 4.67. The van der Waals surface area contributed by atoms with E-state index in [-0.39, 0.29) is 11.9 Å². The lowest BCUT2D eigenvalue weighted by molar-refractivity contribution is -0.114. The summed E-state index contributed by atoms with van der Waals surface area (Å²) in [5, 5.41) is 28.6. The molecule has 3 heterocycles. The minimum Gasteiger partial charge on any atom is -0.368 e. The van der Waals surface area contributed by atoms with Crippen LogP contribution in [0.3, 0.4) is 0 Å². The zero-order chi connectivity index (χ0) is 21.7. The molecule has 164 valence electrons. The Balaban J connectivity index is 1.54. The summed E-state index contributed by atoms with van der Waals surface area (Å²) in [6.45, 7) is 5.01. The fraction of sp³-hybridized carbons (Fsp3) is 0.435. The summed E-state index contributed by atoms with van der Waals surface area (Å²) in [5.74, 6) is -0.267. The molecule has 8 heteroatoms. The molecule has 0 saturated carbocycles. The van der Waals surface area contributed by atoms with Crippen LogP contribution in [0.1, 0.15) is 13.3 Å². The van der Waals surface area contributed by atoms with Gasteiger partial charge in [0.1, 0.15) is 5.83 Å². The summed E-state index contributed by atoms with van der Waals surface area (Å²) in [6, 6.07) is 9.19. The molecular weight excluding hydrogens is 397 g/mol. The third-order valence-corrected chi connectivity index (χ3v) is 6.61. The Morgan fingerprint density at radius 2 is 1.81 bits per heavy atom. The van der Waals surface area contributed by atoms with Crippen LogP contribution in [-0.4, -0.2) is 82.5 Å². The van der Waals surface area contributed by atoms with E-state index in [1.54, 1.807) is 11.9 Å². The summed E-state index contributed by atoms with van der Waals surface area (Å²) in [4.78, 5) is 6.12. The first-order valence-electron chi connectivity index (χ1n) is 10.7. The molecule has 1 aromatic carbocycles. The molecule has 1 aliphatic carbocycles. The van der Waals surface area contributed by atoms with Gasteiger partial charge in [-0.15, -0.1) is 0 Å². The van der Waals surface area contributed by atoms with Gasteiger partial charge in [0.25, 0.3) is 0 Å². The highest BCUT2D eigenvalue weighted by Crippen LogP contribution is 2.40. The van der Waals surface area contributed by atoms with Gasteiger partial charge in [0.15, 0.2) is 12.6 Å². The van der Waals surface area contributed by atoms with Crippen molar-refractivity contribution in [3.05, 3.63) is 65.2 Å². The van der Waals surface area contributed by atoms with Gasteiger partial charge >= 0.3 is 0 Å². The molecule has 0 radical (unpaired) electrons. The Labute approximate surface area is 181 Å². The molecule has 31 heavy (non-hydrogen) atoms. The largest absolute Gasteiger partial charge is 0.368 e. The maximum Gasteiger partial charge on any atom is 0.186 e. The molecule has 0 amide bonds. The van der Waals surface area contributed by atoms with Gasteiger partial charge in [-0.05, 0) is 44.2 Å². The number of benzene rings is 1. The van der Waals surface area contributed by atoms with E-state index in [0.29, 0.717) is 28.9 Å². The van der Waals surface area contributed by atoms with E-state index < -0.39 is 12.6 Å². The number of rotatable bonds is 3. The van der Waals surface area contributed by atoms with Gasteiger partial charge in [-0.2, -0.15) is 5.10 Å². The lowest BCUT2D eigenvalue weighted by Gasteiger charge is -2.46. The highest BCUT2D eigenvalue weighted by Gasteiger charge is 2.44. The van der Waals surface area contributed by atoms with Crippen LogP contribution in [0.2, 0.25) is 0 Å². The van der Waals surface area contributed by atoms with Gasteiger partial charge in [0.05, 0.1) is 17.4 Å². The van der Waals surface area contributed by atoms with E-state index in [4.69, 9.17) is 0 Å². The smallest absolute Gasteiger partial charge is 0.186 e. The van der Waals surface area contributed by atoms with Crippen molar-refractivity contribution >= 4 is 11.4 Å². The van der Waals surface area contributed by atoms with Crippen LogP contribution >= 0.6 is 0 Å². The maximum absolute atomic E-state index is 14.6. The number of anilines is 1. The lowest BCUT2D eigenvalue weighted by atomic mass is 9.84. The van der Waals surface area contributed by atoms with Crippen molar-refractivity contribution < 1.29 is 14.6 Å². The molecule has 1 saturated heterocycles. The number of aliphatic hydroxyl groups is 2. The van der Waals surface area contributed by atoms with E-state index in [9.17, 15) is 14.6 Å². The number of allylic oxidation sites excluding steroid dienone is 2. The van der Waals surface area contributed by atoms with Gasteiger partial charge in [0.2, 0.25) is 0 Å². The van der Waals surface area contributed by atoms with E-state index >= 15 is 0 Å². The monoisotopic (exact) mass is 425 g/mol. The second kappa shape index (κ2) is 7.87. The van der Waals surface area contributed by atoms with Gasteiger partial charge in [-0.25, -0.2) is 9.40 Å². The maximum atomic E-state index is 14.6. The van der Waals surface area contributed by atoms with Gasteiger partial charge in [-0.1, -0.05) is 18.2 Å². The molecule has 3 aliphatic heterocycles. The standard InChI is InChI=1S/C23H28FN5O2/c1-15-12-20-17(13-19(15)24)21-18(22(30)29(25-21)16-6-4-3-5-7-16)14-28(20)23(31)27-10-8-26(2)9-11-27/h3-7,13-14,20,22-23,30-31H,8-12H2,1-2H3/t20?,22?,23-/m1/s1. The predicted octanol–water partition coefficient (Wildman–Crippen LogP) is 1.85. The molecule has 2 unspecified atom stereocenters. The number of halogens is 1. The van der Waals surface area contributed by atoms with Crippen LogP contribution in [0.5, 0.6) is 0 Å². The van der Waals surface area contributed by atoms with Crippen LogP contribution in [0.15, 0.2) is 70.3 Å². The fourth-order valence-corrected chi connectivity index (χ4v) is 4.67. The first-order valence-corrected chi connectivity index (χ1v) is 10.7. The van der Waals surface area contributed by atoms with Crippen molar-refractivity contribution in [2.75, 3.05) is 38.2 Å². The minimum absolute atomic E-state index is 0.237. The van der Waals surface area contributed by atoms with Crippen molar-refractivity contribution in [3.63, 3.8) is 0 Å². The first-order chi connectivity index (χ1) is 14.9. The molecule has 5 rings (SSSR count). The number of likely N-dealkylation sites (N-methyl/N-ethyl adjacent to an activating group) is 1. The Morgan fingerprint density at radius 1 is 1.10 bits per heavy atom. The number of piperazine rings is 1. The van der Waals surface area contributed by atoms with Gasteiger partial charge in [0, 0.05) is 43.5 Å². The van der Waals surface area contributed by atoms with Crippen molar-refractivity contribution in [2.24, 2.45) is 5.10 Å². The number of fused-ring (bicyclic) bond motifs is 3. The van der Waals surface area contributed by atoms with Gasteiger partial charge in [-0.3, -0.25) is 4.90 Å². The molecular formula is C23H28FN5O2. The Bertz CT molecular complexity index is 981. The molecule has 0 spiro atoms. The van der Waals surface area contributed by atoms with Crippen LogP contribution in [0.25, 0.3) is 0 Å². The van der Waals surface area contributed by atoms with Crippen LogP contribution in [0, 0.1) is 0 Å². The first kappa shape index (κ1) is 20.4. The summed E-state index contributed by atoms with van der Waals surface area (Å²) in [7, 11) is 2.07. The summed E-state index contributed by atoms with van der Waals surface area (Å²) < 4.78 is 14.6. The Kier molecular flexibility index (Phi) is 5.18. The highest BCUT2D eigenvalue weighted by molar-refractivity contribution is 6.17. The SMILES string of the molecule is CC1=C(F)C=C2C3=NN(c4ccccc4)C(O)C3=CN([C@H](O)N3CCN(C)CC3)C2C1. The Hall–Kier alpha value is -2.52. The second-order valence-corrected chi connectivity index (χ2v) is 8.67. The quantitative estimate of drug-likeness (QED) is 0.771.